The highest BCUT2D eigenvalue weighted by Gasteiger charge is 2.34. The van der Waals surface area contributed by atoms with Gasteiger partial charge in [-0.2, -0.15) is 5.10 Å². The Morgan fingerprint density at radius 1 is 1.22 bits per heavy atom. The summed E-state index contributed by atoms with van der Waals surface area (Å²) in [6, 6.07) is 5.11. The SMILES string of the molecule is C#CCOc1cccc(F)c1C1CON=C1c1csc(C2CCN(C(=O)Cn3nc(C(F)F)cc3C(F)F)CC2)n1. The third-order valence-electron chi connectivity index (χ3n) is 6.95. The van der Waals surface area contributed by atoms with Crippen LogP contribution in [-0.4, -0.2) is 57.6 Å². The van der Waals surface area contributed by atoms with E-state index < -0.39 is 48.4 Å². The average molecular weight is 594 g/mol. The van der Waals surface area contributed by atoms with Gasteiger partial charge in [-0.15, -0.1) is 17.8 Å². The Balaban J connectivity index is 1.24. The number of oxime groups is 1. The molecule has 2 aliphatic heterocycles. The van der Waals surface area contributed by atoms with Gasteiger partial charge in [0.2, 0.25) is 5.91 Å². The monoisotopic (exact) mass is 593 g/mol. The number of ether oxygens (including phenoxy) is 1. The van der Waals surface area contributed by atoms with Crippen LogP contribution in [0.4, 0.5) is 22.0 Å². The maximum atomic E-state index is 14.9. The molecule has 4 heterocycles. The smallest absolute Gasteiger partial charge is 0.282 e. The lowest BCUT2D eigenvalue weighted by Crippen LogP contribution is -2.40. The molecule has 1 aromatic carbocycles. The highest BCUT2D eigenvalue weighted by atomic mass is 32.1. The fraction of sp³-hybridized carbons (Fsp3) is 0.407. The lowest BCUT2D eigenvalue weighted by molar-refractivity contribution is -0.133. The highest BCUT2D eigenvalue weighted by molar-refractivity contribution is 7.10. The first kappa shape index (κ1) is 28.5. The van der Waals surface area contributed by atoms with Crippen LogP contribution in [0.25, 0.3) is 0 Å². The number of benzene rings is 1. The fourth-order valence-electron chi connectivity index (χ4n) is 4.93. The van der Waals surface area contributed by atoms with Crippen LogP contribution >= 0.6 is 11.3 Å². The fourth-order valence-corrected chi connectivity index (χ4v) is 5.91. The molecule has 0 saturated carbocycles. The first-order valence-corrected chi connectivity index (χ1v) is 13.6. The van der Waals surface area contributed by atoms with Crippen molar-refractivity contribution in [2.75, 3.05) is 26.3 Å². The molecule has 41 heavy (non-hydrogen) atoms. The van der Waals surface area contributed by atoms with Crippen LogP contribution in [0.1, 0.15) is 65.2 Å². The molecule has 1 atom stereocenters. The lowest BCUT2D eigenvalue weighted by Gasteiger charge is -2.31. The summed E-state index contributed by atoms with van der Waals surface area (Å²) in [5.41, 5.74) is -0.218. The van der Waals surface area contributed by atoms with Crippen molar-refractivity contribution in [1.82, 2.24) is 19.7 Å². The molecule has 8 nitrogen and oxygen atoms in total. The predicted octanol–water partition coefficient (Wildman–Crippen LogP) is 5.29. The van der Waals surface area contributed by atoms with Gasteiger partial charge in [-0.3, -0.25) is 9.48 Å². The molecule has 0 aliphatic carbocycles. The first-order chi connectivity index (χ1) is 19.8. The zero-order chi connectivity index (χ0) is 29.1. The summed E-state index contributed by atoms with van der Waals surface area (Å²) in [7, 11) is 0. The lowest BCUT2D eigenvalue weighted by atomic mass is 9.92. The van der Waals surface area contributed by atoms with E-state index in [1.165, 1.54) is 28.4 Å². The summed E-state index contributed by atoms with van der Waals surface area (Å²) in [5.74, 6) is 1.18. The number of carbonyl (C=O) groups excluding carboxylic acids is 1. The Labute approximate surface area is 235 Å². The number of amides is 1. The van der Waals surface area contributed by atoms with Crippen molar-refractivity contribution in [3.63, 3.8) is 0 Å². The zero-order valence-corrected chi connectivity index (χ0v) is 22.3. The Kier molecular flexibility index (Phi) is 8.53. The third kappa shape index (κ3) is 6.04. The molecule has 216 valence electrons. The van der Waals surface area contributed by atoms with Gasteiger partial charge in [-0.05, 0) is 31.0 Å². The number of hydrogen-bond acceptors (Lipinski definition) is 7. The first-order valence-electron chi connectivity index (χ1n) is 12.7. The van der Waals surface area contributed by atoms with E-state index in [-0.39, 0.29) is 24.7 Å². The molecule has 3 aromatic rings. The van der Waals surface area contributed by atoms with Crippen LogP contribution in [0.3, 0.4) is 0 Å². The number of hydrogen-bond donors (Lipinski definition) is 0. The zero-order valence-electron chi connectivity index (χ0n) is 21.5. The van der Waals surface area contributed by atoms with E-state index in [4.69, 9.17) is 21.0 Å². The minimum absolute atomic E-state index is 0.0221. The van der Waals surface area contributed by atoms with E-state index in [0.717, 1.165) is 5.01 Å². The number of carbonyl (C=O) groups is 1. The van der Waals surface area contributed by atoms with Crippen molar-refractivity contribution >= 4 is 23.0 Å². The summed E-state index contributed by atoms with van der Waals surface area (Å²) >= 11 is 1.41. The normalized spacial score (nSPS) is 17.6. The van der Waals surface area contributed by atoms with Crippen molar-refractivity contribution in [2.24, 2.45) is 5.16 Å². The van der Waals surface area contributed by atoms with Crippen molar-refractivity contribution in [3.05, 3.63) is 63.1 Å². The number of thiazole rings is 1. The Bertz CT molecular complexity index is 1480. The number of rotatable bonds is 9. The van der Waals surface area contributed by atoms with Crippen LogP contribution in [0.2, 0.25) is 0 Å². The van der Waals surface area contributed by atoms with Crippen LogP contribution in [0, 0.1) is 18.2 Å². The molecule has 1 unspecified atom stereocenters. The van der Waals surface area contributed by atoms with Gasteiger partial charge in [-0.1, -0.05) is 17.1 Å². The second-order valence-corrected chi connectivity index (χ2v) is 10.3. The predicted molar refractivity (Wildman–Crippen MR) is 139 cm³/mol. The minimum Gasteiger partial charge on any atom is -0.481 e. The van der Waals surface area contributed by atoms with Crippen LogP contribution in [0.5, 0.6) is 5.75 Å². The number of halogens is 5. The Hall–Kier alpha value is -3.99. The van der Waals surface area contributed by atoms with E-state index in [1.807, 2.05) is 5.38 Å². The van der Waals surface area contributed by atoms with Crippen molar-refractivity contribution in [3.8, 4) is 18.1 Å². The number of piperidine rings is 1. The largest absolute Gasteiger partial charge is 0.481 e. The standard InChI is InChI=1S/C27H24F5N5O3S/c1-2-10-39-21-5-3-4-17(28)23(21)16-13-40-35-24(16)19-14-41-27(33-19)15-6-8-36(9-7-15)22(38)12-37-20(26(31)32)11-18(34-37)25(29)30/h1,3-5,11,14-16,25-26H,6-10,12-13H2. The van der Waals surface area contributed by atoms with Crippen molar-refractivity contribution in [2.45, 2.75) is 44.1 Å². The van der Waals surface area contributed by atoms with E-state index in [9.17, 15) is 26.7 Å². The molecule has 14 heteroatoms. The number of aromatic nitrogens is 3. The van der Waals surface area contributed by atoms with Crippen LogP contribution < -0.4 is 4.74 Å². The maximum Gasteiger partial charge on any atom is 0.282 e. The molecule has 2 aromatic heterocycles. The summed E-state index contributed by atoms with van der Waals surface area (Å²) in [4.78, 5) is 24.3. The van der Waals surface area contributed by atoms with Crippen LogP contribution in [0.15, 0.2) is 34.8 Å². The number of terminal acetylenes is 1. The summed E-state index contributed by atoms with van der Waals surface area (Å²) in [5, 5.41) is 10.3. The van der Waals surface area contributed by atoms with E-state index in [0.29, 0.717) is 53.8 Å². The van der Waals surface area contributed by atoms with Crippen molar-refractivity contribution in [1.29, 1.82) is 0 Å². The van der Waals surface area contributed by atoms with Gasteiger partial charge in [0.15, 0.2) is 0 Å². The Morgan fingerprint density at radius 2 is 2.00 bits per heavy atom. The van der Waals surface area contributed by atoms with E-state index in [2.05, 4.69) is 16.2 Å². The van der Waals surface area contributed by atoms with Gasteiger partial charge in [0.25, 0.3) is 12.9 Å². The topological polar surface area (TPSA) is 81.8 Å². The molecule has 1 amide bonds. The molecular weight excluding hydrogens is 569 g/mol. The van der Waals surface area contributed by atoms with Gasteiger partial charge in [-0.25, -0.2) is 26.9 Å². The molecule has 2 aliphatic rings. The van der Waals surface area contributed by atoms with Gasteiger partial charge < -0.3 is 14.5 Å². The average Bonchev–Trinajstić information content (AvgIpc) is 3.72. The van der Waals surface area contributed by atoms with E-state index in [1.54, 1.807) is 6.07 Å². The number of nitrogens with zero attached hydrogens (tertiary/aromatic N) is 5. The van der Waals surface area contributed by atoms with Gasteiger partial charge in [0, 0.05) is 30.0 Å². The molecule has 5 rings (SSSR count). The molecule has 0 bridgehead atoms. The Morgan fingerprint density at radius 3 is 2.71 bits per heavy atom. The number of alkyl halides is 4. The molecule has 0 spiro atoms. The molecule has 0 N–H and O–H groups in total. The van der Waals surface area contributed by atoms with Gasteiger partial charge in [0.1, 0.15) is 48.4 Å². The quantitative estimate of drug-likeness (QED) is 0.249. The minimum atomic E-state index is -3.04. The molecule has 1 saturated heterocycles. The van der Waals surface area contributed by atoms with Gasteiger partial charge in [0.05, 0.1) is 16.6 Å². The van der Waals surface area contributed by atoms with Gasteiger partial charge >= 0.3 is 0 Å². The molecule has 1 fully saturated rings. The van der Waals surface area contributed by atoms with Crippen molar-refractivity contribution < 1.29 is 36.3 Å². The third-order valence-corrected chi connectivity index (χ3v) is 7.96. The summed E-state index contributed by atoms with van der Waals surface area (Å²) < 4.78 is 73.5. The summed E-state index contributed by atoms with van der Waals surface area (Å²) in [6.45, 7) is 0.206. The second kappa shape index (κ2) is 12.3. The second-order valence-electron chi connectivity index (χ2n) is 9.45. The molecule has 0 radical (unpaired) electrons. The summed E-state index contributed by atoms with van der Waals surface area (Å²) in [6.07, 6.45) is 0.358. The highest BCUT2D eigenvalue weighted by Crippen LogP contribution is 2.37. The molecular formula is C27H24F5N5O3S. The number of likely N-dealkylation sites (tertiary alicyclic amines) is 1. The van der Waals surface area contributed by atoms with E-state index >= 15 is 0 Å². The van der Waals surface area contributed by atoms with Crippen LogP contribution in [-0.2, 0) is 16.2 Å². The maximum absolute atomic E-state index is 14.9.